The minimum Gasteiger partial charge on any atom is -0.478 e. The Morgan fingerprint density at radius 2 is 2.19 bits per heavy atom. The molecule has 0 spiro atoms. The summed E-state index contributed by atoms with van der Waals surface area (Å²) < 4.78 is 0. The number of amidine groups is 1. The first-order chi connectivity index (χ1) is 7.66. The maximum Gasteiger partial charge on any atom is 0.337 e. The first-order valence-corrected chi connectivity index (χ1v) is 5.49. The average molecular weight is 236 g/mol. The van der Waals surface area contributed by atoms with Crippen molar-refractivity contribution >= 4 is 34.5 Å². The summed E-state index contributed by atoms with van der Waals surface area (Å²) in [4.78, 5) is 25.9. The Bertz CT molecular complexity index is 485. The molecule has 1 amide bonds. The van der Waals surface area contributed by atoms with Crippen LogP contribution in [0.3, 0.4) is 0 Å². The van der Waals surface area contributed by atoms with Gasteiger partial charge in [-0.3, -0.25) is 4.79 Å². The Morgan fingerprint density at radius 1 is 1.44 bits per heavy atom. The zero-order valence-electron chi connectivity index (χ0n) is 8.14. The maximum absolute atomic E-state index is 10.9. The van der Waals surface area contributed by atoms with Crippen molar-refractivity contribution in [2.75, 3.05) is 5.75 Å². The fourth-order valence-electron chi connectivity index (χ4n) is 1.25. The first kappa shape index (κ1) is 10.7. The molecule has 0 aliphatic carbocycles. The maximum atomic E-state index is 10.9. The van der Waals surface area contributed by atoms with Crippen molar-refractivity contribution < 1.29 is 14.7 Å². The van der Waals surface area contributed by atoms with Gasteiger partial charge < -0.3 is 10.4 Å². The molecule has 0 atom stereocenters. The molecule has 1 saturated heterocycles. The highest BCUT2D eigenvalue weighted by Crippen LogP contribution is 2.21. The average Bonchev–Trinajstić information content (AvgIpc) is 2.64. The molecule has 2 N–H and O–H groups in total. The quantitative estimate of drug-likeness (QED) is 0.809. The Hall–Kier alpha value is -1.82. The standard InChI is InChI=1S/C10H8N2O3S/c13-8-5-16-10(12-8)11-7-4-2-1-3-6(7)9(14)15/h1-4H,5H2,(H,14,15)(H,11,12,13). The fourth-order valence-corrected chi connectivity index (χ4v) is 1.94. The van der Waals surface area contributed by atoms with Gasteiger partial charge in [-0.2, -0.15) is 0 Å². The van der Waals surface area contributed by atoms with Gasteiger partial charge in [-0.15, -0.1) is 0 Å². The topological polar surface area (TPSA) is 78.8 Å². The number of nitrogens with zero attached hydrogens (tertiary/aromatic N) is 1. The minimum absolute atomic E-state index is 0.114. The number of nitrogens with one attached hydrogen (secondary N) is 1. The summed E-state index contributed by atoms with van der Waals surface area (Å²) >= 11 is 1.26. The lowest BCUT2D eigenvalue weighted by atomic mass is 10.2. The summed E-state index contributed by atoms with van der Waals surface area (Å²) in [5, 5.41) is 11.9. The highest BCUT2D eigenvalue weighted by atomic mass is 32.2. The molecule has 82 valence electrons. The second kappa shape index (κ2) is 4.36. The van der Waals surface area contributed by atoms with Crippen LogP contribution in [0.25, 0.3) is 0 Å². The number of rotatable bonds is 2. The van der Waals surface area contributed by atoms with Gasteiger partial charge in [0.05, 0.1) is 17.0 Å². The molecule has 6 heteroatoms. The molecule has 1 aliphatic heterocycles. The molecule has 1 heterocycles. The molecule has 16 heavy (non-hydrogen) atoms. The van der Waals surface area contributed by atoms with E-state index in [1.54, 1.807) is 18.2 Å². The predicted octanol–water partition coefficient (Wildman–Crippen LogP) is 1.24. The van der Waals surface area contributed by atoms with Gasteiger partial charge in [0.25, 0.3) is 0 Å². The Morgan fingerprint density at radius 3 is 2.81 bits per heavy atom. The molecular formula is C10H8N2O3S. The molecule has 0 unspecified atom stereocenters. The second-order valence-electron chi connectivity index (χ2n) is 3.08. The number of amides is 1. The van der Waals surface area contributed by atoms with Gasteiger partial charge in [0.1, 0.15) is 0 Å². The van der Waals surface area contributed by atoms with Crippen LogP contribution in [0.5, 0.6) is 0 Å². The third-order valence-corrected chi connectivity index (χ3v) is 2.82. The Balaban J connectivity index is 2.34. The molecule has 0 aromatic heterocycles. The number of carbonyl (C=O) groups excluding carboxylic acids is 1. The minimum atomic E-state index is -1.03. The molecule has 0 radical (unpaired) electrons. The number of thioether (sulfide) groups is 1. The van der Waals surface area contributed by atoms with Crippen molar-refractivity contribution in [1.29, 1.82) is 0 Å². The van der Waals surface area contributed by atoms with Crippen LogP contribution in [0, 0.1) is 0 Å². The predicted molar refractivity (Wildman–Crippen MR) is 61.1 cm³/mol. The summed E-state index contributed by atoms with van der Waals surface area (Å²) in [5.41, 5.74) is 0.469. The number of hydrogen-bond donors (Lipinski definition) is 2. The van der Waals surface area contributed by atoms with E-state index in [-0.39, 0.29) is 11.5 Å². The van der Waals surface area contributed by atoms with Gasteiger partial charge in [-0.25, -0.2) is 9.79 Å². The van der Waals surface area contributed by atoms with Gasteiger partial charge >= 0.3 is 5.97 Å². The van der Waals surface area contributed by atoms with Crippen molar-refractivity contribution in [3.05, 3.63) is 29.8 Å². The SMILES string of the molecule is O=C1CSC(=Nc2ccccc2C(=O)O)N1. The number of carbonyl (C=O) groups is 2. The lowest BCUT2D eigenvalue weighted by molar-refractivity contribution is -0.116. The first-order valence-electron chi connectivity index (χ1n) is 4.50. The highest BCUT2D eigenvalue weighted by Gasteiger charge is 2.17. The molecular weight excluding hydrogens is 228 g/mol. The van der Waals surface area contributed by atoms with Crippen LogP contribution in [0.1, 0.15) is 10.4 Å². The second-order valence-corrected chi connectivity index (χ2v) is 4.04. The largest absolute Gasteiger partial charge is 0.478 e. The van der Waals surface area contributed by atoms with Gasteiger partial charge in [0.15, 0.2) is 5.17 Å². The Labute approximate surface area is 95.6 Å². The van der Waals surface area contributed by atoms with Crippen LogP contribution < -0.4 is 5.32 Å². The van der Waals surface area contributed by atoms with Crippen molar-refractivity contribution in [3.8, 4) is 0 Å². The van der Waals surface area contributed by atoms with E-state index in [4.69, 9.17) is 5.11 Å². The van der Waals surface area contributed by atoms with Crippen LogP contribution in [0.2, 0.25) is 0 Å². The normalized spacial score (nSPS) is 17.5. The third kappa shape index (κ3) is 2.22. The molecule has 2 rings (SSSR count). The smallest absolute Gasteiger partial charge is 0.337 e. The zero-order valence-corrected chi connectivity index (χ0v) is 8.95. The number of carboxylic acids is 1. The van der Waals surface area contributed by atoms with E-state index in [9.17, 15) is 9.59 Å². The molecule has 1 aromatic rings. The summed E-state index contributed by atoms with van der Waals surface area (Å²) in [6.45, 7) is 0. The number of hydrogen-bond acceptors (Lipinski definition) is 4. The fraction of sp³-hybridized carbons (Fsp3) is 0.100. The number of para-hydroxylation sites is 1. The van der Waals surface area contributed by atoms with Gasteiger partial charge in [-0.1, -0.05) is 23.9 Å². The highest BCUT2D eigenvalue weighted by molar-refractivity contribution is 8.15. The van der Waals surface area contributed by atoms with E-state index in [0.29, 0.717) is 16.6 Å². The summed E-state index contributed by atoms with van der Waals surface area (Å²) in [7, 11) is 0. The molecule has 0 bridgehead atoms. The van der Waals surface area contributed by atoms with E-state index in [1.165, 1.54) is 17.8 Å². The molecule has 5 nitrogen and oxygen atoms in total. The van der Waals surface area contributed by atoms with Crippen molar-refractivity contribution in [2.24, 2.45) is 4.99 Å². The van der Waals surface area contributed by atoms with Crippen LogP contribution >= 0.6 is 11.8 Å². The van der Waals surface area contributed by atoms with Gasteiger partial charge in [0.2, 0.25) is 5.91 Å². The van der Waals surface area contributed by atoms with E-state index >= 15 is 0 Å². The van der Waals surface area contributed by atoms with Crippen LogP contribution in [0.4, 0.5) is 5.69 Å². The molecule has 1 aromatic carbocycles. The summed E-state index contributed by atoms with van der Waals surface area (Å²) in [6, 6.07) is 6.41. The van der Waals surface area contributed by atoms with Gasteiger partial charge in [-0.05, 0) is 12.1 Å². The van der Waals surface area contributed by atoms with E-state index in [1.807, 2.05) is 0 Å². The van der Waals surface area contributed by atoms with Crippen molar-refractivity contribution in [3.63, 3.8) is 0 Å². The lowest BCUT2D eigenvalue weighted by Gasteiger charge is -2.01. The number of carboxylic acid groups (broad SMARTS) is 1. The van der Waals surface area contributed by atoms with Crippen LogP contribution in [0.15, 0.2) is 29.3 Å². The molecule has 1 aliphatic rings. The third-order valence-electron chi connectivity index (χ3n) is 1.94. The Kier molecular flexibility index (Phi) is 2.91. The van der Waals surface area contributed by atoms with E-state index in [2.05, 4.69) is 10.3 Å². The van der Waals surface area contributed by atoms with E-state index < -0.39 is 5.97 Å². The summed E-state index contributed by atoms with van der Waals surface area (Å²) in [6.07, 6.45) is 0. The van der Waals surface area contributed by atoms with Crippen molar-refractivity contribution in [2.45, 2.75) is 0 Å². The van der Waals surface area contributed by atoms with Crippen LogP contribution in [-0.4, -0.2) is 27.9 Å². The monoisotopic (exact) mass is 236 g/mol. The summed E-state index contributed by atoms with van der Waals surface area (Å²) in [5.74, 6) is -0.820. The van der Waals surface area contributed by atoms with E-state index in [0.717, 1.165) is 0 Å². The lowest BCUT2D eigenvalue weighted by Crippen LogP contribution is -2.19. The molecule has 1 fully saturated rings. The molecule has 0 saturated carbocycles. The number of aromatic carboxylic acids is 1. The number of benzene rings is 1. The zero-order chi connectivity index (χ0) is 11.5. The van der Waals surface area contributed by atoms with Crippen molar-refractivity contribution in [1.82, 2.24) is 5.32 Å². The van der Waals surface area contributed by atoms with Crippen LogP contribution in [-0.2, 0) is 4.79 Å². The van der Waals surface area contributed by atoms with Gasteiger partial charge in [0, 0.05) is 0 Å². The number of aliphatic imine (C=N–C) groups is 1.